The Balaban J connectivity index is 1.55. The van der Waals surface area contributed by atoms with Crippen LogP contribution in [0.25, 0.3) is 5.57 Å². The highest BCUT2D eigenvalue weighted by Crippen LogP contribution is 2.20. The molecule has 0 N–H and O–H groups in total. The average Bonchev–Trinajstić information content (AvgIpc) is 2.64. The van der Waals surface area contributed by atoms with Gasteiger partial charge in [0.25, 0.3) is 5.69 Å². The van der Waals surface area contributed by atoms with Crippen molar-refractivity contribution < 1.29 is 14.2 Å². The van der Waals surface area contributed by atoms with Crippen LogP contribution in [-0.4, -0.2) is 29.7 Å². The molecule has 2 heterocycles. The van der Waals surface area contributed by atoms with Crippen molar-refractivity contribution in [3.63, 3.8) is 0 Å². The van der Waals surface area contributed by atoms with Gasteiger partial charge in [-0.3, -0.25) is 10.1 Å². The molecule has 1 atom stereocenters. The van der Waals surface area contributed by atoms with Crippen molar-refractivity contribution in [2.24, 2.45) is 7.05 Å². The number of pyridine rings is 1. The van der Waals surface area contributed by atoms with Crippen molar-refractivity contribution in [2.75, 3.05) is 13.7 Å². The summed E-state index contributed by atoms with van der Waals surface area (Å²) in [7, 11) is 4.01. The summed E-state index contributed by atoms with van der Waals surface area (Å²) in [5.74, 6) is 0. The van der Waals surface area contributed by atoms with Gasteiger partial charge in [0, 0.05) is 37.5 Å². The molecule has 2 aromatic rings. The highest BCUT2D eigenvalue weighted by molar-refractivity contribution is 5.70. The van der Waals surface area contributed by atoms with Crippen molar-refractivity contribution in [3.8, 4) is 0 Å². The van der Waals surface area contributed by atoms with Crippen LogP contribution in [-0.2, 0) is 18.2 Å². The summed E-state index contributed by atoms with van der Waals surface area (Å²) in [6.45, 7) is 0.541. The van der Waals surface area contributed by atoms with Gasteiger partial charge in [0.05, 0.1) is 17.1 Å². The second kappa shape index (κ2) is 7.93. The van der Waals surface area contributed by atoms with E-state index < -0.39 is 4.92 Å². The Labute approximate surface area is 152 Å². The molecule has 1 unspecified atom stereocenters. The minimum Gasteiger partial charge on any atom is -0.354 e. The quantitative estimate of drug-likeness (QED) is 0.456. The summed E-state index contributed by atoms with van der Waals surface area (Å²) in [5, 5.41) is 10.7. The molecular formula is C20H22N3O3+. The van der Waals surface area contributed by atoms with Gasteiger partial charge < -0.3 is 9.64 Å². The lowest BCUT2D eigenvalue weighted by atomic mass is 10.1. The van der Waals surface area contributed by atoms with Gasteiger partial charge in [-0.05, 0) is 30.2 Å². The first-order valence-electron chi connectivity index (χ1n) is 8.46. The van der Waals surface area contributed by atoms with Gasteiger partial charge in [0.15, 0.2) is 6.20 Å². The van der Waals surface area contributed by atoms with Gasteiger partial charge in [-0.25, -0.2) is 4.57 Å². The summed E-state index contributed by atoms with van der Waals surface area (Å²) in [4.78, 5) is 12.3. The van der Waals surface area contributed by atoms with Crippen LogP contribution in [0.3, 0.4) is 0 Å². The molecule has 6 nitrogen and oxygen atoms in total. The molecule has 0 bridgehead atoms. The fourth-order valence-electron chi connectivity index (χ4n) is 2.89. The summed E-state index contributed by atoms with van der Waals surface area (Å²) in [5.41, 5.74) is 3.40. The van der Waals surface area contributed by atoms with Gasteiger partial charge in [0.2, 0.25) is 5.69 Å². The molecule has 0 fully saturated rings. The summed E-state index contributed by atoms with van der Waals surface area (Å²) >= 11 is 0. The Kier molecular flexibility index (Phi) is 5.43. The molecule has 1 aliphatic rings. The van der Waals surface area contributed by atoms with Crippen molar-refractivity contribution in [1.29, 1.82) is 0 Å². The number of nitrogens with zero attached hydrogens (tertiary/aromatic N) is 3. The molecule has 26 heavy (non-hydrogen) atoms. The molecule has 1 aromatic carbocycles. The van der Waals surface area contributed by atoms with Crippen molar-refractivity contribution in [3.05, 3.63) is 88.4 Å². The molecule has 0 saturated carbocycles. The molecule has 0 aliphatic carbocycles. The Hall–Kier alpha value is -2.99. The van der Waals surface area contributed by atoms with E-state index >= 15 is 0 Å². The smallest absolute Gasteiger partial charge is 0.269 e. The van der Waals surface area contributed by atoms with Crippen LogP contribution in [0.15, 0.2) is 67.0 Å². The third-order valence-electron chi connectivity index (χ3n) is 4.36. The molecule has 0 saturated heterocycles. The molecule has 6 heteroatoms. The van der Waals surface area contributed by atoms with E-state index in [0.29, 0.717) is 13.0 Å². The maximum Gasteiger partial charge on any atom is 0.269 e. The number of benzene rings is 1. The highest BCUT2D eigenvalue weighted by Gasteiger charge is 2.18. The first-order valence-corrected chi connectivity index (χ1v) is 8.46. The number of allylic oxidation sites excluding steroid dienone is 2. The van der Waals surface area contributed by atoms with Gasteiger partial charge in [0.1, 0.15) is 13.3 Å². The number of aryl methyl sites for hydroxylation is 1. The van der Waals surface area contributed by atoms with E-state index in [2.05, 4.69) is 22.9 Å². The van der Waals surface area contributed by atoms with Crippen LogP contribution >= 0.6 is 0 Å². The Morgan fingerprint density at radius 3 is 2.65 bits per heavy atom. The first kappa shape index (κ1) is 17.8. The van der Waals surface area contributed by atoms with Gasteiger partial charge in [-0.2, -0.15) is 0 Å². The number of rotatable bonds is 6. The summed E-state index contributed by atoms with van der Waals surface area (Å²) < 4.78 is 8.03. The molecular weight excluding hydrogens is 330 g/mol. The van der Waals surface area contributed by atoms with Crippen molar-refractivity contribution in [1.82, 2.24) is 4.90 Å². The minimum absolute atomic E-state index is 0.108. The van der Waals surface area contributed by atoms with E-state index in [9.17, 15) is 10.1 Å². The molecule has 1 aliphatic heterocycles. The molecule has 0 amide bonds. The van der Waals surface area contributed by atoms with Gasteiger partial charge in [-0.15, -0.1) is 0 Å². The molecule has 134 valence electrons. The Morgan fingerprint density at radius 2 is 2.00 bits per heavy atom. The van der Waals surface area contributed by atoms with E-state index in [0.717, 1.165) is 16.8 Å². The van der Waals surface area contributed by atoms with Crippen LogP contribution in [0.5, 0.6) is 0 Å². The Morgan fingerprint density at radius 1 is 1.23 bits per heavy atom. The van der Waals surface area contributed by atoms with Gasteiger partial charge >= 0.3 is 0 Å². The normalized spacial score (nSPS) is 16.5. The number of likely N-dealkylation sites (N-methyl/N-ethyl adjacent to an activating group) is 1. The zero-order valence-corrected chi connectivity index (χ0v) is 14.9. The third kappa shape index (κ3) is 4.15. The van der Waals surface area contributed by atoms with Gasteiger partial charge in [-0.1, -0.05) is 12.1 Å². The number of nitro groups is 1. The first-order chi connectivity index (χ1) is 12.5. The van der Waals surface area contributed by atoms with E-state index in [1.807, 2.05) is 43.4 Å². The van der Waals surface area contributed by atoms with Crippen LogP contribution < -0.4 is 4.57 Å². The lowest BCUT2D eigenvalue weighted by molar-refractivity contribution is -0.673. The number of hydrogen-bond donors (Lipinski definition) is 0. The number of hydrogen-bond acceptors (Lipinski definition) is 4. The zero-order chi connectivity index (χ0) is 18.5. The van der Waals surface area contributed by atoms with Crippen molar-refractivity contribution in [2.45, 2.75) is 12.6 Å². The lowest BCUT2D eigenvalue weighted by Crippen LogP contribution is -2.35. The van der Waals surface area contributed by atoms with Crippen LogP contribution in [0, 0.1) is 10.1 Å². The van der Waals surface area contributed by atoms with Crippen LogP contribution in [0.1, 0.15) is 11.3 Å². The van der Waals surface area contributed by atoms with E-state index in [-0.39, 0.29) is 11.9 Å². The van der Waals surface area contributed by atoms with Crippen LogP contribution in [0.2, 0.25) is 0 Å². The number of nitro benzene ring substituents is 1. The van der Waals surface area contributed by atoms with E-state index in [4.69, 9.17) is 4.74 Å². The molecule has 3 rings (SSSR count). The lowest BCUT2D eigenvalue weighted by Gasteiger charge is -2.27. The van der Waals surface area contributed by atoms with E-state index in [1.165, 1.54) is 12.1 Å². The third-order valence-corrected chi connectivity index (χ3v) is 4.36. The fraction of sp³-hybridized carbons (Fsp3) is 0.250. The largest absolute Gasteiger partial charge is 0.354 e. The minimum atomic E-state index is -0.390. The maximum absolute atomic E-state index is 10.7. The second-order valence-corrected chi connectivity index (χ2v) is 6.24. The van der Waals surface area contributed by atoms with Crippen molar-refractivity contribution >= 4 is 11.3 Å². The maximum atomic E-state index is 10.7. The standard InChI is InChI=1S/C20H22N3O3/c1-21-13-4-3-5-19(21)17-8-11-20(22(2)15-17)26-14-12-16-6-9-18(10-7-16)23(24)25/h3-11,13,15,20H,12,14H2,1-2H3/q+1. The molecule has 1 aromatic heterocycles. The predicted molar refractivity (Wildman–Crippen MR) is 99.0 cm³/mol. The summed E-state index contributed by atoms with van der Waals surface area (Å²) in [6.07, 6.45) is 8.80. The SMILES string of the molecule is CN1C=C(c2cccc[n+]2C)C=CC1OCCc1ccc([N+](=O)[O-])cc1. The van der Waals surface area contributed by atoms with E-state index in [1.54, 1.807) is 12.1 Å². The number of non-ortho nitro benzene ring substituents is 1. The molecule has 0 spiro atoms. The monoisotopic (exact) mass is 352 g/mol. The highest BCUT2D eigenvalue weighted by atomic mass is 16.6. The number of aromatic nitrogens is 1. The van der Waals surface area contributed by atoms with Crippen LogP contribution in [0.4, 0.5) is 5.69 Å². The molecule has 0 radical (unpaired) electrons. The fourth-order valence-corrected chi connectivity index (χ4v) is 2.89. The predicted octanol–water partition coefficient (Wildman–Crippen LogP) is 2.85. The zero-order valence-electron chi connectivity index (χ0n) is 14.9. The summed E-state index contributed by atoms with van der Waals surface area (Å²) in [6, 6.07) is 12.7. The second-order valence-electron chi connectivity index (χ2n) is 6.24. The average molecular weight is 352 g/mol. The topological polar surface area (TPSA) is 59.5 Å². The Bertz CT molecular complexity index is 844. The number of ether oxygens (including phenoxy) is 1.